The molecule has 0 amide bonds. The molecule has 0 unspecified atom stereocenters. The summed E-state index contributed by atoms with van der Waals surface area (Å²) in [5.41, 5.74) is 1.33. The molecule has 0 aromatic heterocycles. The van der Waals surface area contributed by atoms with E-state index in [9.17, 15) is 15.0 Å². The molecule has 4 saturated carbocycles. The number of hydrogen-bond donors (Lipinski definition) is 2. The van der Waals surface area contributed by atoms with Crippen LogP contribution in [0.15, 0.2) is 11.6 Å². The SMILES string of the molecule is C[C@@H]1CC[C@]2(CC(=O)O)CC[C@]3(C)C(=CC[C@@H]4[C@@]5(C)CCCC(C)(C)[C@@H]5CC[C@]43C)[C@@H]2[C@]1(C)O. The van der Waals surface area contributed by atoms with Crippen molar-refractivity contribution in [3.8, 4) is 0 Å². The zero-order valence-corrected chi connectivity index (χ0v) is 23.0. The first-order valence-electron chi connectivity index (χ1n) is 14.3. The van der Waals surface area contributed by atoms with Crippen molar-refractivity contribution in [3.05, 3.63) is 11.6 Å². The molecule has 0 heterocycles. The average Bonchev–Trinajstić information content (AvgIpc) is 2.71. The lowest BCUT2D eigenvalue weighted by atomic mass is 9.33. The highest BCUT2D eigenvalue weighted by Crippen LogP contribution is 2.76. The van der Waals surface area contributed by atoms with Crippen molar-refractivity contribution in [1.29, 1.82) is 0 Å². The molecule has 4 fully saturated rings. The maximum absolute atomic E-state index is 12.1. The summed E-state index contributed by atoms with van der Waals surface area (Å²) in [6.45, 7) is 17.0. The van der Waals surface area contributed by atoms with Gasteiger partial charge in [0.2, 0.25) is 0 Å². The third-order valence-electron chi connectivity index (χ3n) is 13.5. The Balaban J connectivity index is 1.63. The van der Waals surface area contributed by atoms with Crippen LogP contribution in [0, 0.1) is 50.7 Å². The first-order valence-corrected chi connectivity index (χ1v) is 14.3. The fourth-order valence-corrected chi connectivity index (χ4v) is 11.3. The number of rotatable bonds is 2. The first kappa shape index (κ1) is 24.8. The van der Waals surface area contributed by atoms with Gasteiger partial charge in [-0.25, -0.2) is 0 Å². The Kier molecular flexibility index (Phi) is 5.38. The van der Waals surface area contributed by atoms with E-state index in [4.69, 9.17) is 0 Å². The highest BCUT2D eigenvalue weighted by Gasteiger charge is 2.69. The van der Waals surface area contributed by atoms with E-state index < -0.39 is 11.6 Å². The molecular formula is C31H50O3. The standard InChI is InChI=1S/C31H50O3/c1-20-11-16-31(19-24(32)33)18-17-28(5)21(25(31)30(20,7)34)9-10-23-27(4)14-8-13-26(2,3)22(27)12-15-29(23,28)6/h9,20,22-23,25,34H,8,10-19H2,1-7H3,(H,32,33)/t20-,22+,23-,25-,27+,28-,29-,30-,31-/m1/s1. The van der Waals surface area contributed by atoms with E-state index in [1.165, 1.54) is 37.7 Å². The van der Waals surface area contributed by atoms with Gasteiger partial charge in [-0.2, -0.15) is 0 Å². The van der Waals surface area contributed by atoms with Gasteiger partial charge < -0.3 is 10.2 Å². The van der Waals surface area contributed by atoms with Gasteiger partial charge in [-0.1, -0.05) is 59.6 Å². The first-order chi connectivity index (χ1) is 15.6. The Hall–Kier alpha value is -0.830. The van der Waals surface area contributed by atoms with Crippen molar-refractivity contribution >= 4 is 5.97 Å². The molecule has 3 nitrogen and oxygen atoms in total. The van der Waals surface area contributed by atoms with Crippen LogP contribution in [-0.4, -0.2) is 21.8 Å². The topological polar surface area (TPSA) is 57.5 Å². The lowest BCUT2D eigenvalue weighted by molar-refractivity contribution is -0.201. The molecule has 5 aliphatic carbocycles. The summed E-state index contributed by atoms with van der Waals surface area (Å²) in [4.78, 5) is 12.1. The second-order valence-electron chi connectivity index (χ2n) is 15.2. The molecule has 0 aromatic carbocycles. The van der Waals surface area contributed by atoms with Crippen LogP contribution in [0.2, 0.25) is 0 Å². The van der Waals surface area contributed by atoms with Crippen molar-refractivity contribution in [3.63, 3.8) is 0 Å². The minimum absolute atomic E-state index is 0.0373. The second kappa shape index (κ2) is 7.36. The molecule has 9 atom stereocenters. The largest absolute Gasteiger partial charge is 0.481 e. The Bertz CT molecular complexity index is 900. The van der Waals surface area contributed by atoms with Crippen LogP contribution in [0.5, 0.6) is 0 Å². The molecule has 5 aliphatic rings. The van der Waals surface area contributed by atoms with E-state index in [-0.39, 0.29) is 34.5 Å². The van der Waals surface area contributed by atoms with Crippen molar-refractivity contribution in [2.45, 2.75) is 125 Å². The highest BCUT2D eigenvalue weighted by molar-refractivity contribution is 5.68. The van der Waals surface area contributed by atoms with E-state index in [1.54, 1.807) is 0 Å². The van der Waals surface area contributed by atoms with Crippen molar-refractivity contribution in [2.24, 2.45) is 50.7 Å². The molecular weight excluding hydrogens is 420 g/mol. The molecule has 3 heteroatoms. The number of carboxylic acids is 1. The van der Waals surface area contributed by atoms with Gasteiger partial charge in [-0.3, -0.25) is 4.79 Å². The van der Waals surface area contributed by atoms with Crippen LogP contribution in [-0.2, 0) is 4.79 Å². The van der Waals surface area contributed by atoms with Crippen LogP contribution in [0.25, 0.3) is 0 Å². The number of allylic oxidation sites excluding steroid dienone is 1. The molecule has 0 saturated heterocycles. The van der Waals surface area contributed by atoms with Crippen molar-refractivity contribution in [1.82, 2.24) is 0 Å². The predicted octanol–water partition coefficient (Wildman–Crippen LogP) is 7.62. The summed E-state index contributed by atoms with van der Waals surface area (Å²) in [6, 6.07) is 0. The van der Waals surface area contributed by atoms with Gasteiger partial charge in [0.1, 0.15) is 0 Å². The number of fused-ring (bicyclic) bond motifs is 7. The van der Waals surface area contributed by atoms with Gasteiger partial charge in [0, 0.05) is 5.92 Å². The Morgan fingerprint density at radius 3 is 2.32 bits per heavy atom. The molecule has 0 aliphatic heterocycles. The highest BCUT2D eigenvalue weighted by atomic mass is 16.4. The molecule has 192 valence electrons. The molecule has 0 radical (unpaired) electrons. The summed E-state index contributed by atoms with van der Waals surface area (Å²) in [6.07, 6.45) is 14.4. The predicted molar refractivity (Wildman–Crippen MR) is 137 cm³/mol. The summed E-state index contributed by atoms with van der Waals surface area (Å²) in [7, 11) is 0. The summed E-state index contributed by atoms with van der Waals surface area (Å²) >= 11 is 0. The van der Waals surface area contributed by atoms with Crippen LogP contribution in [0.1, 0.15) is 119 Å². The van der Waals surface area contributed by atoms with Gasteiger partial charge in [-0.15, -0.1) is 0 Å². The molecule has 5 rings (SSSR count). The number of carbonyl (C=O) groups is 1. The van der Waals surface area contributed by atoms with Gasteiger partial charge in [0.25, 0.3) is 0 Å². The van der Waals surface area contributed by atoms with Crippen LogP contribution in [0.4, 0.5) is 0 Å². The fourth-order valence-electron chi connectivity index (χ4n) is 11.3. The van der Waals surface area contributed by atoms with Crippen molar-refractivity contribution in [2.75, 3.05) is 0 Å². The lowest BCUT2D eigenvalue weighted by Gasteiger charge is -2.72. The smallest absolute Gasteiger partial charge is 0.303 e. The quantitative estimate of drug-likeness (QED) is 0.408. The fraction of sp³-hybridized carbons (Fsp3) is 0.903. The molecule has 0 bridgehead atoms. The number of aliphatic hydroxyl groups is 1. The minimum atomic E-state index is -0.849. The molecule has 2 N–H and O–H groups in total. The summed E-state index contributed by atoms with van der Waals surface area (Å²) < 4.78 is 0. The number of carboxylic acid groups (broad SMARTS) is 1. The lowest BCUT2D eigenvalue weighted by Crippen LogP contribution is -2.66. The zero-order chi connectivity index (χ0) is 24.9. The van der Waals surface area contributed by atoms with Gasteiger partial charge >= 0.3 is 5.97 Å². The number of hydrogen-bond acceptors (Lipinski definition) is 2. The maximum atomic E-state index is 12.1. The monoisotopic (exact) mass is 470 g/mol. The minimum Gasteiger partial charge on any atom is -0.481 e. The molecule has 0 spiro atoms. The van der Waals surface area contributed by atoms with Crippen molar-refractivity contribution < 1.29 is 15.0 Å². The average molecular weight is 471 g/mol. The zero-order valence-electron chi connectivity index (χ0n) is 23.0. The Labute approximate surface area is 208 Å². The van der Waals surface area contributed by atoms with Gasteiger partial charge in [0.05, 0.1) is 12.0 Å². The van der Waals surface area contributed by atoms with E-state index >= 15 is 0 Å². The van der Waals surface area contributed by atoms with Gasteiger partial charge in [-0.05, 0) is 110 Å². The number of aliphatic carboxylic acids is 1. The third kappa shape index (κ3) is 3.00. The van der Waals surface area contributed by atoms with E-state index in [1.807, 2.05) is 6.92 Å². The normalized spacial score (nSPS) is 54.1. The van der Waals surface area contributed by atoms with Crippen LogP contribution < -0.4 is 0 Å². The van der Waals surface area contributed by atoms with Crippen LogP contribution in [0.3, 0.4) is 0 Å². The molecule has 34 heavy (non-hydrogen) atoms. The Morgan fingerprint density at radius 2 is 1.65 bits per heavy atom. The van der Waals surface area contributed by atoms with E-state index in [0.717, 1.165) is 38.0 Å². The maximum Gasteiger partial charge on any atom is 0.303 e. The molecule has 0 aromatic rings. The summed E-state index contributed by atoms with van der Waals surface area (Å²) in [5.74, 6) is 0.921. The van der Waals surface area contributed by atoms with E-state index in [2.05, 4.69) is 47.6 Å². The third-order valence-corrected chi connectivity index (χ3v) is 13.5. The Morgan fingerprint density at radius 1 is 0.941 bits per heavy atom. The van der Waals surface area contributed by atoms with E-state index in [0.29, 0.717) is 16.7 Å². The summed E-state index contributed by atoms with van der Waals surface area (Å²) in [5, 5.41) is 22.0. The second-order valence-corrected chi connectivity index (χ2v) is 15.2. The van der Waals surface area contributed by atoms with Crippen LogP contribution >= 0.6 is 0 Å². The van der Waals surface area contributed by atoms with Gasteiger partial charge in [0.15, 0.2) is 0 Å².